The molecular formula is C12H14N2O3. The lowest BCUT2D eigenvalue weighted by atomic mass is 10.1. The van der Waals surface area contributed by atoms with Crippen molar-refractivity contribution in [3.8, 4) is 0 Å². The Labute approximate surface area is 98.8 Å². The third-order valence-corrected chi connectivity index (χ3v) is 2.89. The predicted molar refractivity (Wildman–Crippen MR) is 61.1 cm³/mol. The summed E-state index contributed by atoms with van der Waals surface area (Å²) in [5.74, 6) is -0.850. The van der Waals surface area contributed by atoms with Crippen LogP contribution in [0, 0.1) is 0 Å². The number of likely N-dealkylation sites (tertiary alicyclic amines) is 1. The molecule has 2 unspecified atom stereocenters. The Morgan fingerprint density at radius 1 is 1.29 bits per heavy atom. The molecule has 0 spiro atoms. The largest absolute Gasteiger partial charge is 0.391 e. The average Bonchev–Trinajstić information content (AvgIpc) is 2.72. The summed E-state index contributed by atoms with van der Waals surface area (Å²) in [5, 5.41) is 9.51. The second-order valence-corrected chi connectivity index (χ2v) is 4.13. The van der Waals surface area contributed by atoms with Crippen molar-refractivity contribution in [3.63, 3.8) is 0 Å². The molecule has 2 amide bonds. The minimum absolute atomic E-state index is 0.154. The quantitative estimate of drug-likeness (QED) is 0.740. The molecule has 2 rings (SSSR count). The van der Waals surface area contributed by atoms with E-state index in [9.17, 15) is 14.7 Å². The number of β-amino-alcohol motifs (C(OH)–C–C–N with tert-alkyl or cyclic N) is 1. The summed E-state index contributed by atoms with van der Waals surface area (Å²) in [6, 6.07) is 7.94. The van der Waals surface area contributed by atoms with Gasteiger partial charge in [-0.05, 0) is 12.1 Å². The van der Waals surface area contributed by atoms with Crippen molar-refractivity contribution in [2.24, 2.45) is 5.73 Å². The molecule has 1 aromatic rings. The zero-order chi connectivity index (χ0) is 12.4. The number of hydrogen-bond acceptors (Lipinski definition) is 3. The van der Waals surface area contributed by atoms with Crippen LogP contribution < -0.4 is 5.73 Å². The average molecular weight is 234 g/mol. The highest BCUT2D eigenvalue weighted by Crippen LogP contribution is 2.20. The fraction of sp³-hybridized carbons (Fsp3) is 0.333. The van der Waals surface area contributed by atoms with E-state index in [-0.39, 0.29) is 18.9 Å². The van der Waals surface area contributed by atoms with Gasteiger partial charge in [-0.1, -0.05) is 18.2 Å². The first-order valence-corrected chi connectivity index (χ1v) is 5.43. The lowest BCUT2D eigenvalue weighted by molar-refractivity contribution is -0.121. The Hall–Kier alpha value is -1.88. The van der Waals surface area contributed by atoms with E-state index in [1.165, 1.54) is 4.90 Å². The number of carbonyl (C=O) groups excluding carboxylic acids is 2. The van der Waals surface area contributed by atoms with E-state index in [1.54, 1.807) is 30.3 Å². The van der Waals surface area contributed by atoms with Gasteiger partial charge in [0.25, 0.3) is 5.91 Å². The lowest BCUT2D eigenvalue weighted by Gasteiger charge is -2.21. The molecule has 0 aromatic heterocycles. The molecule has 1 heterocycles. The van der Waals surface area contributed by atoms with Crippen LogP contribution in [0.2, 0.25) is 0 Å². The van der Waals surface area contributed by atoms with Gasteiger partial charge in [0.15, 0.2) is 0 Å². The first-order valence-electron chi connectivity index (χ1n) is 5.43. The number of amides is 2. The molecule has 5 heteroatoms. The molecule has 1 aromatic carbocycles. The van der Waals surface area contributed by atoms with Crippen LogP contribution in [-0.2, 0) is 4.79 Å². The zero-order valence-electron chi connectivity index (χ0n) is 9.24. The summed E-state index contributed by atoms with van der Waals surface area (Å²) in [4.78, 5) is 24.7. The molecule has 1 aliphatic rings. The minimum Gasteiger partial charge on any atom is -0.391 e. The standard InChI is InChI=1S/C12H14N2O3/c13-11(16)10-6-9(15)7-14(10)12(17)8-4-2-1-3-5-8/h1-5,9-10,15H,6-7H2,(H2,13,16). The Morgan fingerprint density at radius 3 is 2.53 bits per heavy atom. The molecule has 17 heavy (non-hydrogen) atoms. The van der Waals surface area contributed by atoms with Gasteiger partial charge in [0.1, 0.15) is 6.04 Å². The molecule has 0 saturated carbocycles. The lowest BCUT2D eigenvalue weighted by Crippen LogP contribution is -2.43. The van der Waals surface area contributed by atoms with E-state index in [2.05, 4.69) is 0 Å². The Balaban J connectivity index is 2.22. The van der Waals surface area contributed by atoms with Crippen LogP contribution in [-0.4, -0.2) is 40.5 Å². The van der Waals surface area contributed by atoms with Gasteiger partial charge >= 0.3 is 0 Å². The van der Waals surface area contributed by atoms with Gasteiger partial charge in [-0.2, -0.15) is 0 Å². The van der Waals surface area contributed by atoms with E-state index in [4.69, 9.17) is 5.73 Å². The van der Waals surface area contributed by atoms with Crippen LogP contribution in [0.4, 0.5) is 0 Å². The van der Waals surface area contributed by atoms with Crippen molar-refractivity contribution >= 4 is 11.8 Å². The highest BCUT2D eigenvalue weighted by atomic mass is 16.3. The molecular weight excluding hydrogens is 220 g/mol. The van der Waals surface area contributed by atoms with Crippen molar-refractivity contribution in [1.29, 1.82) is 0 Å². The van der Waals surface area contributed by atoms with Crippen LogP contribution >= 0.6 is 0 Å². The fourth-order valence-electron chi connectivity index (χ4n) is 2.05. The van der Waals surface area contributed by atoms with Crippen molar-refractivity contribution < 1.29 is 14.7 Å². The van der Waals surface area contributed by atoms with Crippen LogP contribution in [0.25, 0.3) is 0 Å². The summed E-state index contributed by atoms with van der Waals surface area (Å²) in [5.41, 5.74) is 5.72. The minimum atomic E-state index is -0.710. The predicted octanol–water partition coefficient (Wildman–Crippen LogP) is -0.253. The number of carbonyl (C=O) groups is 2. The van der Waals surface area contributed by atoms with E-state index in [0.717, 1.165) is 0 Å². The second-order valence-electron chi connectivity index (χ2n) is 4.13. The van der Waals surface area contributed by atoms with Gasteiger partial charge < -0.3 is 15.7 Å². The number of nitrogens with two attached hydrogens (primary N) is 1. The number of benzene rings is 1. The van der Waals surface area contributed by atoms with Gasteiger partial charge in [0.2, 0.25) is 5.91 Å². The summed E-state index contributed by atoms with van der Waals surface area (Å²) in [7, 11) is 0. The monoisotopic (exact) mass is 234 g/mol. The van der Waals surface area contributed by atoms with E-state index < -0.39 is 18.1 Å². The maximum Gasteiger partial charge on any atom is 0.254 e. The Bertz CT molecular complexity index is 433. The number of aliphatic hydroxyl groups is 1. The molecule has 5 nitrogen and oxygen atoms in total. The number of hydrogen-bond donors (Lipinski definition) is 2. The smallest absolute Gasteiger partial charge is 0.254 e. The van der Waals surface area contributed by atoms with Gasteiger partial charge in [0, 0.05) is 18.5 Å². The normalized spacial score (nSPS) is 23.7. The van der Waals surface area contributed by atoms with Crippen molar-refractivity contribution in [2.75, 3.05) is 6.54 Å². The third-order valence-electron chi connectivity index (χ3n) is 2.89. The van der Waals surface area contributed by atoms with Gasteiger partial charge in [0.05, 0.1) is 6.10 Å². The van der Waals surface area contributed by atoms with Crippen LogP contribution in [0.5, 0.6) is 0 Å². The highest BCUT2D eigenvalue weighted by Gasteiger charge is 2.37. The first kappa shape index (κ1) is 11.6. The maximum absolute atomic E-state index is 12.1. The molecule has 0 radical (unpaired) electrons. The number of rotatable bonds is 2. The summed E-state index contributed by atoms with van der Waals surface area (Å²) in [6.45, 7) is 0.154. The van der Waals surface area contributed by atoms with Crippen molar-refractivity contribution in [3.05, 3.63) is 35.9 Å². The Kier molecular flexibility index (Phi) is 3.10. The Morgan fingerprint density at radius 2 is 1.94 bits per heavy atom. The number of primary amides is 1. The number of aliphatic hydroxyl groups excluding tert-OH is 1. The summed E-state index contributed by atoms with van der Waals surface area (Å²) < 4.78 is 0. The van der Waals surface area contributed by atoms with Gasteiger partial charge in [-0.25, -0.2) is 0 Å². The second kappa shape index (κ2) is 4.55. The highest BCUT2D eigenvalue weighted by molar-refractivity contribution is 5.97. The van der Waals surface area contributed by atoms with Crippen LogP contribution in [0.1, 0.15) is 16.8 Å². The summed E-state index contributed by atoms with van der Waals surface area (Å²) >= 11 is 0. The van der Waals surface area contributed by atoms with Crippen LogP contribution in [0.3, 0.4) is 0 Å². The third kappa shape index (κ3) is 2.29. The van der Waals surface area contributed by atoms with Gasteiger partial charge in [-0.3, -0.25) is 9.59 Å². The fourth-order valence-corrected chi connectivity index (χ4v) is 2.05. The SMILES string of the molecule is NC(=O)C1CC(O)CN1C(=O)c1ccccc1. The molecule has 0 aliphatic carbocycles. The van der Waals surface area contributed by atoms with E-state index in [0.29, 0.717) is 5.56 Å². The van der Waals surface area contributed by atoms with Crippen molar-refractivity contribution in [2.45, 2.75) is 18.6 Å². The van der Waals surface area contributed by atoms with Gasteiger partial charge in [-0.15, -0.1) is 0 Å². The van der Waals surface area contributed by atoms with Crippen molar-refractivity contribution in [1.82, 2.24) is 4.90 Å². The molecule has 3 N–H and O–H groups in total. The molecule has 0 bridgehead atoms. The first-order chi connectivity index (χ1) is 8.09. The van der Waals surface area contributed by atoms with E-state index in [1.807, 2.05) is 0 Å². The topological polar surface area (TPSA) is 83.6 Å². The molecule has 90 valence electrons. The van der Waals surface area contributed by atoms with Crippen LogP contribution in [0.15, 0.2) is 30.3 Å². The number of nitrogens with zero attached hydrogens (tertiary/aromatic N) is 1. The molecule has 1 saturated heterocycles. The molecule has 2 atom stereocenters. The summed E-state index contributed by atoms with van der Waals surface area (Å²) in [6.07, 6.45) is -0.464. The zero-order valence-corrected chi connectivity index (χ0v) is 9.24. The van der Waals surface area contributed by atoms with E-state index >= 15 is 0 Å². The maximum atomic E-state index is 12.1. The molecule has 1 fully saturated rings. The molecule has 1 aliphatic heterocycles.